The summed E-state index contributed by atoms with van der Waals surface area (Å²) in [7, 11) is 0. The molecule has 3 heterocycles. The number of halogens is 2. The second-order valence-corrected chi connectivity index (χ2v) is 9.25. The Bertz CT molecular complexity index is 1850. The van der Waals surface area contributed by atoms with E-state index in [0.29, 0.717) is 16.6 Å². The summed E-state index contributed by atoms with van der Waals surface area (Å²) < 4.78 is 30.2. The highest BCUT2D eigenvalue weighted by Gasteiger charge is 2.15. The number of pyridine rings is 1. The molecule has 0 amide bonds. The van der Waals surface area contributed by atoms with Gasteiger partial charge in [0.1, 0.15) is 11.6 Å². The molecule has 0 saturated heterocycles. The first kappa shape index (κ1) is 22.9. The Morgan fingerprint density at radius 3 is 1.79 bits per heavy atom. The molecule has 0 spiro atoms. The van der Waals surface area contributed by atoms with E-state index in [1.807, 2.05) is 83.4 Å². The molecule has 7 aromatic rings. The summed E-state index contributed by atoms with van der Waals surface area (Å²) in [6.07, 6.45) is 1.75. The lowest BCUT2D eigenvalue weighted by Crippen LogP contribution is -1.98. The van der Waals surface area contributed by atoms with E-state index >= 15 is 0 Å². The zero-order chi connectivity index (χ0) is 26.3. The van der Waals surface area contributed by atoms with Gasteiger partial charge in [-0.1, -0.05) is 36.4 Å². The Labute approximate surface area is 222 Å². The fourth-order valence-corrected chi connectivity index (χ4v) is 4.98. The maximum atomic E-state index is 14.1. The predicted octanol–water partition coefficient (Wildman–Crippen LogP) is 8.25. The van der Waals surface area contributed by atoms with Gasteiger partial charge in [0.2, 0.25) is 0 Å². The van der Waals surface area contributed by atoms with Crippen LogP contribution in [0.25, 0.3) is 61.5 Å². The highest BCUT2D eigenvalue weighted by atomic mass is 19.1. The lowest BCUT2D eigenvalue weighted by atomic mass is 10.1. The van der Waals surface area contributed by atoms with E-state index in [4.69, 9.17) is 9.97 Å². The number of benzene rings is 4. The molecule has 7 rings (SSSR count). The fraction of sp³-hybridized carbons (Fsp3) is 0. The molecule has 0 N–H and O–H groups in total. The molecule has 0 radical (unpaired) electrons. The lowest BCUT2D eigenvalue weighted by Gasteiger charge is -2.11. The molecule has 0 aliphatic carbocycles. The van der Waals surface area contributed by atoms with Crippen LogP contribution < -0.4 is 0 Å². The smallest absolute Gasteiger partial charge is 0.160 e. The SMILES string of the molecule is Fc1ccc2c(c1)c1cc(F)ccc1n2-c1ccc(-c2nc(-c3ccccc3)cc(-c3ccccn3)n2)cc1. The monoisotopic (exact) mass is 510 g/mol. The van der Waals surface area contributed by atoms with Gasteiger partial charge in [0, 0.05) is 33.8 Å². The van der Waals surface area contributed by atoms with Crippen molar-refractivity contribution in [1.82, 2.24) is 19.5 Å². The van der Waals surface area contributed by atoms with Crippen molar-refractivity contribution < 1.29 is 8.78 Å². The molecular weight excluding hydrogens is 490 g/mol. The first-order valence-electron chi connectivity index (χ1n) is 12.5. The van der Waals surface area contributed by atoms with Gasteiger partial charge in [-0.15, -0.1) is 0 Å². The predicted molar refractivity (Wildman–Crippen MR) is 150 cm³/mol. The summed E-state index contributed by atoms with van der Waals surface area (Å²) in [6.45, 7) is 0. The average Bonchev–Trinajstić information content (AvgIpc) is 3.30. The molecule has 0 bridgehead atoms. The minimum atomic E-state index is -0.361. The van der Waals surface area contributed by atoms with Gasteiger partial charge in [-0.05, 0) is 78.9 Å². The van der Waals surface area contributed by atoms with Gasteiger partial charge in [-0.3, -0.25) is 4.98 Å². The molecule has 4 nitrogen and oxygen atoms in total. The molecule has 186 valence electrons. The van der Waals surface area contributed by atoms with Crippen LogP contribution in [-0.4, -0.2) is 19.5 Å². The molecule has 0 atom stereocenters. The summed E-state index contributed by atoms with van der Waals surface area (Å²) in [4.78, 5) is 14.2. The molecule has 0 aliphatic heterocycles. The van der Waals surface area contributed by atoms with Crippen LogP contribution in [0.2, 0.25) is 0 Å². The van der Waals surface area contributed by atoms with Gasteiger partial charge in [-0.2, -0.15) is 0 Å². The third-order valence-corrected chi connectivity index (χ3v) is 6.80. The van der Waals surface area contributed by atoms with E-state index in [2.05, 4.69) is 4.98 Å². The van der Waals surface area contributed by atoms with Gasteiger partial charge < -0.3 is 4.57 Å². The van der Waals surface area contributed by atoms with Crippen LogP contribution in [0.15, 0.2) is 121 Å². The van der Waals surface area contributed by atoms with Gasteiger partial charge in [0.05, 0.1) is 28.1 Å². The standard InChI is InChI=1S/C33H20F2N4/c34-23-11-15-31-26(18-23)27-19-24(35)12-16-32(27)39(31)25-13-9-22(10-14-25)33-37-29(21-6-2-1-3-7-21)20-30(38-33)28-8-4-5-17-36-28/h1-20H. The number of fused-ring (bicyclic) bond motifs is 3. The second kappa shape index (κ2) is 9.26. The van der Waals surface area contributed by atoms with Crippen LogP contribution >= 0.6 is 0 Å². The van der Waals surface area contributed by atoms with E-state index in [1.165, 1.54) is 24.3 Å². The minimum absolute atomic E-state index is 0.361. The number of hydrogen-bond acceptors (Lipinski definition) is 3. The molecule has 0 unspecified atom stereocenters. The Balaban J connectivity index is 1.37. The number of aromatic nitrogens is 4. The summed E-state index contributed by atoms with van der Waals surface area (Å²) in [5, 5.41) is 1.32. The van der Waals surface area contributed by atoms with Gasteiger partial charge >= 0.3 is 0 Å². The average molecular weight is 511 g/mol. The van der Waals surface area contributed by atoms with Crippen LogP contribution in [0.3, 0.4) is 0 Å². The van der Waals surface area contributed by atoms with E-state index < -0.39 is 0 Å². The lowest BCUT2D eigenvalue weighted by molar-refractivity contribution is 0.628. The third kappa shape index (κ3) is 4.12. The van der Waals surface area contributed by atoms with Crippen molar-refractivity contribution in [3.8, 4) is 39.7 Å². The van der Waals surface area contributed by atoms with E-state index in [1.54, 1.807) is 18.3 Å². The Hall–Kier alpha value is -5.23. The zero-order valence-electron chi connectivity index (χ0n) is 20.6. The first-order valence-corrected chi connectivity index (χ1v) is 12.5. The van der Waals surface area contributed by atoms with Crippen LogP contribution in [0.4, 0.5) is 8.78 Å². The maximum absolute atomic E-state index is 14.1. The van der Waals surface area contributed by atoms with Gasteiger partial charge in [-0.25, -0.2) is 18.7 Å². The van der Waals surface area contributed by atoms with E-state index in [9.17, 15) is 8.78 Å². The van der Waals surface area contributed by atoms with Crippen molar-refractivity contribution in [3.05, 3.63) is 133 Å². The summed E-state index contributed by atoms with van der Waals surface area (Å²) in [5.41, 5.74) is 6.58. The normalized spacial score (nSPS) is 11.3. The second-order valence-electron chi connectivity index (χ2n) is 9.25. The summed E-state index contributed by atoms with van der Waals surface area (Å²) in [5.74, 6) is -0.143. The molecular formula is C33H20F2N4. The third-order valence-electron chi connectivity index (χ3n) is 6.80. The number of rotatable bonds is 4. The molecule has 0 aliphatic rings. The van der Waals surface area contributed by atoms with Crippen LogP contribution in [0.5, 0.6) is 0 Å². The van der Waals surface area contributed by atoms with E-state index in [-0.39, 0.29) is 11.6 Å². The Kier molecular flexibility index (Phi) is 5.44. The molecule has 39 heavy (non-hydrogen) atoms. The summed E-state index contributed by atoms with van der Waals surface area (Å²) in [6, 6.07) is 34.7. The topological polar surface area (TPSA) is 43.6 Å². The minimum Gasteiger partial charge on any atom is -0.309 e. The van der Waals surface area contributed by atoms with E-state index in [0.717, 1.165) is 44.9 Å². The van der Waals surface area contributed by atoms with Gasteiger partial charge in [0.25, 0.3) is 0 Å². The van der Waals surface area contributed by atoms with Crippen molar-refractivity contribution in [2.24, 2.45) is 0 Å². The first-order chi connectivity index (χ1) is 19.1. The Morgan fingerprint density at radius 1 is 0.513 bits per heavy atom. The van der Waals surface area contributed by atoms with Crippen molar-refractivity contribution >= 4 is 21.8 Å². The quantitative estimate of drug-likeness (QED) is 0.239. The molecule has 6 heteroatoms. The van der Waals surface area contributed by atoms with Crippen LogP contribution in [0, 0.1) is 11.6 Å². The van der Waals surface area contributed by atoms with Crippen molar-refractivity contribution in [2.75, 3.05) is 0 Å². The highest BCUT2D eigenvalue weighted by molar-refractivity contribution is 6.09. The van der Waals surface area contributed by atoms with Crippen LogP contribution in [0.1, 0.15) is 0 Å². The van der Waals surface area contributed by atoms with Crippen molar-refractivity contribution in [2.45, 2.75) is 0 Å². The molecule has 4 aromatic carbocycles. The summed E-state index contributed by atoms with van der Waals surface area (Å²) >= 11 is 0. The number of nitrogens with zero attached hydrogens (tertiary/aromatic N) is 4. The molecule has 0 saturated carbocycles. The molecule has 3 aromatic heterocycles. The van der Waals surface area contributed by atoms with Crippen molar-refractivity contribution in [3.63, 3.8) is 0 Å². The van der Waals surface area contributed by atoms with Crippen LogP contribution in [-0.2, 0) is 0 Å². The molecule has 0 fully saturated rings. The Morgan fingerprint density at radius 2 is 1.15 bits per heavy atom. The zero-order valence-corrected chi connectivity index (χ0v) is 20.6. The largest absolute Gasteiger partial charge is 0.309 e. The highest BCUT2D eigenvalue weighted by Crippen LogP contribution is 2.34. The van der Waals surface area contributed by atoms with Crippen molar-refractivity contribution in [1.29, 1.82) is 0 Å². The maximum Gasteiger partial charge on any atom is 0.160 e. The van der Waals surface area contributed by atoms with Gasteiger partial charge in [0.15, 0.2) is 5.82 Å². The fourth-order valence-electron chi connectivity index (χ4n) is 4.98. The number of hydrogen-bond donors (Lipinski definition) is 0.